The van der Waals surface area contributed by atoms with Crippen molar-refractivity contribution in [2.45, 2.75) is 25.9 Å². The Kier molecular flexibility index (Phi) is 4.77. The van der Waals surface area contributed by atoms with Crippen molar-refractivity contribution in [3.8, 4) is 6.07 Å². The smallest absolute Gasteiger partial charge is 0.225 e. The number of ether oxygens (including phenoxy) is 1. The highest BCUT2D eigenvalue weighted by Crippen LogP contribution is 2.24. The Hall–Kier alpha value is -2.13. The van der Waals surface area contributed by atoms with Crippen molar-refractivity contribution in [3.63, 3.8) is 0 Å². The summed E-state index contributed by atoms with van der Waals surface area (Å²) in [5.74, 6) is 1.26. The molecule has 0 spiro atoms. The molecule has 3 rings (SSSR count). The van der Waals surface area contributed by atoms with E-state index in [0.29, 0.717) is 25.3 Å². The summed E-state index contributed by atoms with van der Waals surface area (Å²) in [7, 11) is 0. The van der Waals surface area contributed by atoms with E-state index in [4.69, 9.17) is 10.00 Å². The molecule has 0 aliphatic carbocycles. The molecule has 1 amide bonds. The van der Waals surface area contributed by atoms with Gasteiger partial charge in [-0.05, 0) is 31.9 Å². The zero-order chi connectivity index (χ0) is 16.2. The summed E-state index contributed by atoms with van der Waals surface area (Å²) in [5, 5.41) is 8.82. The summed E-state index contributed by atoms with van der Waals surface area (Å²) in [5.41, 5.74) is 0.570. The van der Waals surface area contributed by atoms with Crippen LogP contribution < -0.4 is 4.90 Å². The highest BCUT2D eigenvalue weighted by atomic mass is 16.5. The second-order valence-electron chi connectivity index (χ2n) is 6.24. The van der Waals surface area contributed by atoms with Crippen LogP contribution in [-0.4, -0.2) is 54.7 Å². The lowest BCUT2D eigenvalue weighted by Crippen LogP contribution is -2.49. The standard InChI is InChI=1S/C17H22N4O2/c1-13-12-21(8-9-23-13)17(22)15-4-6-20(7-5-15)16-3-2-14(10-18)11-19-16/h2-3,11,13,15H,4-9,12H2,1H3. The van der Waals surface area contributed by atoms with E-state index in [9.17, 15) is 4.79 Å². The zero-order valence-electron chi connectivity index (χ0n) is 13.4. The zero-order valence-corrected chi connectivity index (χ0v) is 13.4. The number of nitrogens with zero attached hydrogens (tertiary/aromatic N) is 4. The molecule has 0 saturated carbocycles. The summed E-state index contributed by atoms with van der Waals surface area (Å²) in [6.45, 7) is 5.72. The highest BCUT2D eigenvalue weighted by Gasteiger charge is 2.31. The lowest BCUT2D eigenvalue weighted by Gasteiger charge is -2.37. The Morgan fingerprint density at radius 1 is 1.35 bits per heavy atom. The van der Waals surface area contributed by atoms with Gasteiger partial charge in [-0.15, -0.1) is 0 Å². The van der Waals surface area contributed by atoms with Crippen molar-refractivity contribution in [1.82, 2.24) is 9.88 Å². The first-order chi connectivity index (χ1) is 11.2. The summed E-state index contributed by atoms with van der Waals surface area (Å²) in [4.78, 5) is 21.1. The molecule has 1 unspecified atom stereocenters. The molecule has 6 nitrogen and oxygen atoms in total. The third kappa shape index (κ3) is 3.62. The van der Waals surface area contributed by atoms with Crippen LogP contribution >= 0.6 is 0 Å². The summed E-state index contributed by atoms with van der Waals surface area (Å²) in [6, 6.07) is 5.74. The van der Waals surface area contributed by atoms with Crippen LogP contribution in [0.4, 0.5) is 5.82 Å². The molecular formula is C17H22N4O2. The van der Waals surface area contributed by atoms with E-state index < -0.39 is 0 Å². The van der Waals surface area contributed by atoms with Crippen molar-refractivity contribution in [1.29, 1.82) is 5.26 Å². The fraction of sp³-hybridized carbons (Fsp3) is 0.588. The van der Waals surface area contributed by atoms with Gasteiger partial charge in [-0.25, -0.2) is 4.98 Å². The van der Waals surface area contributed by atoms with Crippen molar-refractivity contribution >= 4 is 11.7 Å². The van der Waals surface area contributed by atoms with Crippen LogP contribution in [0.25, 0.3) is 0 Å². The second-order valence-corrected chi connectivity index (χ2v) is 6.24. The van der Waals surface area contributed by atoms with Gasteiger partial charge in [0.25, 0.3) is 0 Å². The van der Waals surface area contributed by atoms with Crippen molar-refractivity contribution in [2.75, 3.05) is 37.7 Å². The highest BCUT2D eigenvalue weighted by molar-refractivity contribution is 5.79. The molecular weight excluding hydrogens is 292 g/mol. The van der Waals surface area contributed by atoms with Gasteiger partial charge in [-0.3, -0.25) is 4.79 Å². The van der Waals surface area contributed by atoms with Crippen molar-refractivity contribution in [3.05, 3.63) is 23.9 Å². The van der Waals surface area contributed by atoms with Crippen LogP contribution in [0.5, 0.6) is 0 Å². The molecule has 1 atom stereocenters. The Bertz CT molecular complexity index is 588. The SMILES string of the molecule is CC1CN(C(=O)C2CCN(c3ccc(C#N)cn3)CC2)CCO1. The normalized spacial score (nSPS) is 22.7. The Balaban J connectivity index is 1.55. The van der Waals surface area contributed by atoms with Crippen LogP contribution in [0.15, 0.2) is 18.3 Å². The molecule has 3 heterocycles. The first-order valence-electron chi connectivity index (χ1n) is 8.19. The number of rotatable bonds is 2. The molecule has 2 aliphatic rings. The molecule has 2 saturated heterocycles. The minimum atomic E-state index is 0.106. The second kappa shape index (κ2) is 6.97. The number of carbonyl (C=O) groups excluding carboxylic acids is 1. The minimum Gasteiger partial charge on any atom is -0.375 e. The molecule has 2 fully saturated rings. The van der Waals surface area contributed by atoms with Gasteiger partial charge in [0.05, 0.1) is 18.3 Å². The molecule has 122 valence electrons. The van der Waals surface area contributed by atoms with Gasteiger partial charge >= 0.3 is 0 Å². The Morgan fingerprint density at radius 2 is 2.13 bits per heavy atom. The lowest BCUT2D eigenvalue weighted by molar-refractivity contribution is -0.143. The number of amides is 1. The molecule has 6 heteroatoms. The van der Waals surface area contributed by atoms with Crippen molar-refractivity contribution < 1.29 is 9.53 Å². The van der Waals surface area contributed by atoms with E-state index in [-0.39, 0.29) is 17.9 Å². The maximum Gasteiger partial charge on any atom is 0.225 e. The number of hydrogen-bond acceptors (Lipinski definition) is 5. The van der Waals surface area contributed by atoms with E-state index in [0.717, 1.165) is 31.7 Å². The first-order valence-corrected chi connectivity index (χ1v) is 8.19. The Morgan fingerprint density at radius 3 is 2.74 bits per heavy atom. The third-order valence-electron chi connectivity index (χ3n) is 4.60. The monoisotopic (exact) mass is 314 g/mol. The van der Waals surface area contributed by atoms with E-state index in [2.05, 4.69) is 16.0 Å². The van der Waals surface area contributed by atoms with Gasteiger partial charge in [0.15, 0.2) is 0 Å². The van der Waals surface area contributed by atoms with E-state index in [1.807, 2.05) is 17.9 Å². The van der Waals surface area contributed by atoms with E-state index in [1.165, 1.54) is 0 Å². The predicted molar refractivity (Wildman–Crippen MR) is 85.9 cm³/mol. The average Bonchev–Trinajstić information content (AvgIpc) is 2.61. The van der Waals surface area contributed by atoms with Crippen LogP contribution in [0.1, 0.15) is 25.3 Å². The van der Waals surface area contributed by atoms with Gasteiger partial charge in [0.2, 0.25) is 5.91 Å². The molecule has 0 radical (unpaired) electrons. The molecule has 1 aromatic rings. The number of piperidine rings is 1. The van der Waals surface area contributed by atoms with Crippen LogP contribution in [0.3, 0.4) is 0 Å². The third-order valence-corrected chi connectivity index (χ3v) is 4.60. The topological polar surface area (TPSA) is 69.5 Å². The maximum atomic E-state index is 12.6. The summed E-state index contributed by atoms with van der Waals surface area (Å²) >= 11 is 0. The quantitative estimate of drug-likeness (QED) is 0.825. The maximum absolute atomic E-state index is 12.6. The van der Waals surface area contributed by atoms with Gasteiger partial charge in [-0.1, -0.05) is 0 Å². The molecule has 0 N–H and O–H groups in total. The van der Waals surface area contributed by atoms with Crippen molar-refractivity contribution in [2.24, 2.45) is 5.92 Å². The number of carbonyl (C=O) groups is 1. The molecule has 23 heavy (non-hydrogen) atoms. The van der Waals surface area contributed by atoms with E-state index >= 15 is 0 Å². The Labute approximate surface area is 136 Å². The van der Waals surface area contributed by atoms with Crippen LogP contribution in [0, 0.1) is 17.2 Å². The van der Waals surface area contributed by atoms with Gasteiger partial charge < -0.3 is 14.5 Å². The number of morpholine rings is 1. The fourth-order valence-electron chi connectivity index (χ4n) is 3.27. The average molecular weight is 314 g/mol. The molecule has 1 aromatic heterocycles. The van der Waals surface area contributed by atoms with Gasteiger partial charge in [0, 0.05) is 38.3 Å². The van der Waals surface area contributed by atoms with Crippen LogP contribution in [-0.2, 0) is 9.53 Å². The summed E-state index contributed by atoms with van der Waals surface area (Å²) in [6.07, 6.45) is 3.44. The molecule has 2 aliphatic heterocycles. The van der Waals surface area contributed by atoms with Crippen LogP contribution in [0.2, 0.25) is 0 Å². The predicted octanol–water partition coefficient (Wildman–Crippen LogP) is 1.42. The van der Waals surface area contributed by atoms with Gasteiger partial charge in [-0.2, -0.15) is 5.26 Å². The lowest BCUT2D eigenvalue weighted by atomic mass is 9.95. The molecule has 0 aromatic carbocycles. The number of hydrogen-bond donors (Lipinski definition) is 0. The van der Waals surface area contributed by atoms with E-state index in [1.54, 1.807) is 12.3 Å². The van der Waals surface area contributed by atoms with Gasteiger partial charge in [0.1, 0.15) is 11.9 Å². The minimum absolute atomic E-state index is 0.106. The number of aromatic nitrogens is 1. The largest absolute Gasteiger partial charge is 0.375 e. The first kappa shape index (κ1) is 15.8. The summed E-state index contributed by atoms with van der Waals surface area (Å²) < 4.78 is 5.51. The number of pyridine rings is 1. The number of nitriles is 1. The number of anilines is 1. The molecule has 0 bridgehead atoms. The fourth-order valence-corrected chi connectivity index (χ4v) is 3.27.